The van der Waals surface area contributed by atoms with Crippen molar-refractivity contribution in [3.63, 3.8) is 0 Å². The summed E-state index contributed by atoms with van der Waals surface area (Å²) in [5, 5.41) is 6.89. The third-order valence-corrected chi connectivity index (χ3v) is 3.30. The molecular formula is C15H26N4. The molecule has 1 aromatic heterocycles. The van der Waals surface area contributed by atoms with E-state index in [1.165, 1.54) is 32.1 Å². The molecule has 2 N–H and O–H groups in total. The fraction of sp³-hybridized carbons (Fsp3) is 0.733. The van der Waals surface area contributed by atoms with Crippen molar-refractivity contribution in [2.24, 2.45) is 0 Å². The molecule has 0 aliphatic heterocycles. The van der Waals surface area contributed by atoms with Crippen molar-refractivity contribution >= 4 is 11.8 Å². The highest BCUT2D eigenvalue weighted by molar-refractivity contribution is 5.44. The van der Waals surface area contributed by atoms with Crippen molar-refractivity contribution in [3.05, 3.63) is 11.8 Å². The highest BCUT2D eigenvalue weighted by Gasteiger charge is 2.16. The molecule has 1 saturated carbocycles. The first-order valence-electron chi connectivity index (χ1n) is 7.33. The van der Waals surface area contributed by atoms with E-state index < -0.39 is 0 Å². The average Bonchev–Trinajstić information content (AvgIpc) is 2.26. The summed E-state index contributed by atoms with van der Waals surface area (Å²) in [4.78, 5) is 9.08. The maximum Gasteiger partial charge on any atom is 0.225 e. The van der Waals surface area contributed by atoms with E-state index in [1.807, 2.05) is 13.0 Å². The van der Waals surface area contributed by atoms with Gasteiger partial charge in [0, 0.05) is 23.3 Å². The van der Waals surface area contributed by atoms with Gasteiger partial charge < -0.3 is 10.6 Å². The van der Waals surface area contributed by atoms with Crippen LogP contribution in [0.5, 0.6) is 0 Å². The summed E-state index contributed by atoms with van der Waals surface area (Å²) in [5.74, 6) is 1.66. The van der Waals surface area contributed by atoms with Crippen LogP contribution in [0.25, 0.3) is 0 Å². The summed E-state index contributed by atoms with van der Waals surface area (Å²) in [6, 6.07) is 2.54. The molecule has 1 aromatic rings. The largest absolute Gasteiger partial charge is 0.365 e. The maximum atomic E-state index is 4.58. The summed E-state index contributed by atoms with van der Waals surface area (Å²) in [5.41, 5.74) is 1.02. The van der Waals surface area contributed by atoms with Crippen molar-refractivity contribution < 1.29 is 0 Å². The quantitative estimate of drug-likeness (QED) is 0.871. The van der Waals surface area contributed by atoms with Gasteiger partial charge in [0.2, 0.25) is 5.95 Å². The lowest BCUT2D eigenvalue weighted by Gasteiger charge is -2.24. The lowest BCUT2D eigenvalue weighted by Crippen LogP contribution is -2.28. The summed E-state index contributed by atoms with van der Waals surface area (Å²) in [6.45, 7) is 8.43. The molecule has 0 saturated heterocycles. The standard InChI is InChI=1S/C15H26N4/c1-11-10-13(19-15(2,3)4)18-14(16-11)17-12-8-6-5-7-9-12/h10,12H,5-9H2,1-4H3,(H2,16,17,18,19). The Bertz CT molecular complexity index is 417. The van der Waals surface area contributed by atoms with E-state index in [0.717, 1.165) is 17.5 Å². The number of aromatic nitrogens is 2. The summed E-state index contributed by atoms with van der Waals surface area (Å²) in [6.07, 6.45) is 6.47. The third kappa shape index (κ3) is 4.69. The predicted molar refractivity (Wildman–Crippen MR) is 80.6 cm³/mol. The van der Waals surface area contributed by atoms with E-state index in [0.29, 0.717) is 6.04 Å². The van der Waals surface area contributed by atoms with Gasteiger partial charge in [-0.1, -0.05) is 19.3 Å². The van der Waals surface area contributed by atoms with Gasteiger partial charge in [0.25, 0.3) is 0 Å². The molecule has 0 atom stereocenters. The van der Waals surface area contributed by atoms with E-state index >= 15 is 0 Å². The Morgan fingerprint density at radius 3 is 2.42 bits per heavy atom. The van der Waals surface area contributed by atoms with E-state index in [1.54, 1.807) is 0 Å². The van der Waals surface area contributed by atoms with Gasteiger partial charge in [-0.25, -0.2) is 4.98 Å². The zero-order chi connectivity index (χ0) is 13.9. The predicted octanol–water partition coefficient (Wildman–Crippen LogP) is 3.74. The molecule has 2 rings (SSSR count). The fourth-order valence-electron chi connectivity index (χ4n) is 2.51. The van der Waals surface area contributed by atoms with E-state index in [4.69, 9.17) is 0 Å². The minimum Gasteiger partial charge on any atom is -0.365 e. The number of anilines is 2. The number of hydrogen-bond acceptors (Lipinski definition) is 4. The van der Waals surface area contributed by atoms with Gasteiger partial charge in [-0.05, 0) is 40.5 Å². The number of hydrogen-bond donors (Lipinski definition) is 2. The van der Waals surface area contributed by atoms with Crippen LogP contribution in [-0.2, 0) is 0 Å². The first kappa shape index (κ1) is 14.1. The van der Waals surface area contributed by atoms with E-state index in [2.05, 4.69) is 41.4 Å². The molecule has 4 nitrogen and oxygen atoms in total. The molecule has 4 heteroatoms. The van der Waals surface area contributed by atoms with Crippen molar-refractivity contribution in [1.29, 1.82) is 0 Å². The van der Waals surface area contributed by atoms with Crippen LogP contribution in [0.15, 0.2) is 6.07 Å². The number of nitrogens with one attached hydrogen (secondary N) is 2. The Balaban J connectivity index is 2.07. The first-order chi connectivity index (χ1) is 8.92. The van der Waals surface area contributed by atoms with Gasteiger partial charge in [-0.3, -0.25) is 0 Å². The van der Waals surface area contributed by atoms with Crippen molar-refractivity contribution in [2.75, 3.05) is 10.6 Å². The third-order valence-electron chi connectivity index (χ3n) is 3.30. The Kier molecular flexibility index (Phi) is 4.27. The minimum absolute atomic E-state index is 0.0168. The van der Waals surface area contributed by atoms with Crippen LogP contribution in [0.1, 0.15) is 58.6 Å². The van der Waals surface area contributed by atoms with Crippen LogP contribution in [-0.4, -0.2) is 21.5 Å². The molecular weight excluding hydrogens is 236 g/mol. The number of aryl methyl sites for hydroxylation is 1. The van der Waals surface area contributed by atoms with Crippen LogP contribution in [0.2, 0.25) is 0 Å². The normalized spacial score (nSPS) is 17.3. The molecule has 0 radical (unpaired) electrons. The summed E-state index contributed by atoms with van der Waals surface area (Å²) in [7, 11) is 0. The van der Waals surface area contributed by atoms with Crippen LogP contribution >= 0.6 is 0 Å². The second-order valence-corrected chi connectivity index (χ2v) is 6.57. The molecule has 0 bridgehead atoms. The van der Waals surface area contributed by atoms with Crippen LogP contribution in [0.4, 0.5) is 11.8 Å². The van der Waals surface area contributed by atoms with Crippen molar-refractivity contribution in [1.82, 2.24) is 9.97 Å². The van der Waals surface area contributed by atoms with E-state index in [-0.39, 0.29) is 5.54 Å². The van der Waals surface area contributed by atoms with Gasteiger partial charge in [-0.2, -0.15) is 4.98 Å². The second kappa shape index (κ2) is 5.76. The van der Waals surface area contributed by atoms with Gasteiger partial charge in [0.15, 0.2) is 0 Å². The molecule has 1 aliphatic rings. The first-order valence-corrected chi connectivity index (χ1v) is 7.33. The van der Waals surface area contributed by atoms with Crippen molar-refractivity contribution in [3.8, 4) is 0 Å². The van der Waals surface area contributed by atoms with Gasteiger partial charge in [0.1, 0.15) is 5.82 Å². The van der Waals surface area contributed by atoms with Gasteiger partial charge in [-0.15, -0.1) is 0 Å². The highest BCUT2D eigenvalue weighted by Crippen LogP contribution is 2.21. The zero-order valence-electron chi connectivity index (χ0n) is 12.6. The molecule has 0 amide bonds. The lowest BCUT2D eigenvalue weighted by molar-refractivity contribution is 0.460. The highest BCUT2D eigenvalue weighted by atomic mass is 15.2. The molecule has 0 spiro atoms. The maximum absolute atomic E-state index is 4.58. The zero-order valence-corrected chi connectivity index (χ0v) is 12.6. The Hall–Kier alpha value is -1.32. The SMILES string of the molecule is Cc1cc(NC(C)(C)C)nc(NC2CCCCC2)n1. The molecule has 0 unspecified atom stereocenters. The minimum atomic E-state index is 0.0168. The average molecular weight is 262 g/mol. The molecule has 1 fully saturated rings. The smallest absolute Gasteiger partial charge is 0.225 e. The van der Waals surface area contributed by atoms with Crippen LogP contribution in [0, 0.1) is 6.92 Å². The van der Waals surface area contributed by atoms with Crippen LogP contribution < -0.4 is 10.6 Å². The summed E-state index contributed by atoms with van der Waals surface area (Å²) >= 11 is 0. The Morgan fingerprint density at radius 1 is 1.11 bits per heavy atom. The molecule has 1 heterocycles. The Labute approximate surface area is 116 Å². The second-order valence-electron chi connectivity index (χ2n) is 6.57. The number of nitrogens with zero attached hydrogens (tertiary/aromatic N) is 2. The van der Waals surface area contributed by atoms with Crippen molar-refractivity contribution in [2.45, 2.75) is 71.4 Å². The van der Waals surface area contributed by atoms with E-state index in [9.17, 15) is 0 Å². The molecule has 1 aliphatic carbocycles. The fourth-order valence-corrected chi connectivity index (χ4v) is 2.51. The number of rotatable bonds is 3. The van der Waals surface area contributed by atoms with Crippen LogP contribution in [0.3, 0.4) is 0 Å². The topological polar surface area (TPSA) is 49.8 Å². The molecule has 106 valence electrons. The molecule has 0 aromatic carbocycles. The van der Waals surface area contributed by atoms with Gasteiger partial charge >= 0.3 is 0 Å². The van der Waals surface area contributed by atoms with Gasteiger partial charge in [0.05, 0.1) is 0 Å². The Morgan fingerprint density at radius 2 is 1.79 bits per heavy atom. The molecule has 19 heavy (non-hydrogen) atoms. The summed E-state index contributed by atoms with van der Waals surface area (Å²) < 4.78 is 0. The monoisotopic (exact) mass is 262 g/mol. The lowest BCUT2D eigenvalue weighted by atomic mass is 9.96.